The minimum atomic E-state index is -4.96. The van der Waals surface area contributed by atoms with E-state index >= 15 is 0 Å². The first-order chi connectivity index (χ1) is 8.77. The molecule has 1 rings (SSSR count). The van der Waals surface area contributed by atoms with E-state index in [4.69, 9.17) is 0 Å². The first-order valence-corrected chi connectivity index (χ1v) is 5.15. The summed E-state index contributed by atoms with van der Waals surface area (Å²) in [5, 5.41) is 5.06. The highest BCUT2D eigenvalue weighted by atomic mass is 19.4. The number of carbonyl (C=O) groups is 2. The highest BCUT2D eigenvalue weighted by molar-refractivity contribution is 5.94. The Morgan fingerprint density at radius 3 is 2.58 bits per heavy atom. The molecule has 1 unspecified atom stereocenters. The van der Waals surface area contributed by atoms with Crippen LogP contribution in [0.3, 0.4) is 0 Å². The Bertz CT molecular complexity index is 472. The molecular weight excluding hydrogens is 269 g/mol. The number of hydrogen-bond donors (Lipinski definition) is 1. The van der Waals surface area contributed by atoms with E-state index in [1.54, 1.807) is 0 Å². The quantitative estimate of drug-likeness (QED) is 0.787. The van der Waals surface area contributed by atoms with Crippen LogP contribution in [0.25, 0.3) is 0 Å². The number of carbonyl (C=O) groups excluding carboxylic acids is 2. The summed E-state index contributed by atoms with van der Waals surface area (Å²) < 4.78 is 43.2. The third kappa shape index (κ3) is 3.66. The summed E-state index contributed by atoms with van der Waals surface area (Å²) in [6, 6.07) is -2.74. The van der Waals surface area contributed by atoms with E-state index in [0.717, 1.165) is 11.0 Å². The topological polar surface area (TPSA) is 86.1 Å². The Kier molecular flexibility index (Phi) is 4.46. The van der Waals surface area contributed by atoms with Gasteiger partial charge in [-0.2, -0.15) is 18.3 Å². The molecule has 0 aliphatic heterocycles. The number of nitrogens with zero attached hydrogens (tertiary/aromatic N) is 3. The van der Waals surface area contributed by atoms with Crippen molar-refractivity contribution in [1.29, 1.82) is 0 Å². The van der Waals surface area contributed by atoms with Gasteiger partial charge in [-0.3, -0.25) is 4.79 Å². The van der Waals surface area contributed by atoms with Crippen molar-refractivity contribution in [3.63, 3.8) is 0 Å². The van der Waals surface area contributed by atoms with Gasteiger partial charge in [0.05, 0.1) is 6.61 Å². The number of aromatic nitrogens is 3. The van der Waals surface area contributed by atoms with Crippen molar-refractivity contribution in [3.05, 3.63) is 12.2 Å². The lowest BCUT2D eigenvalue weighted by Crippen LogP contribution is -2.51. The standard InChI is InChI=1S/C9H11F3N4O3/c1-3-19-8(18)5(9(10,11)12)15-7(17)6-13-4-14-16(6)2/h4-5H,3H2,1-2H3,(H,15,17). The van der Waals surface area contributed by atoms with Crippen LogP contribution in [0.1, 0.15) is 17.5 Å². The Labute approximate surface area is 105 Å². The van der Waals surface area contributed by atoms with Gasteiger partial charge >= 0.3 is 12.1 Å². The van der Waals surface area contributed by atoms with E-state index in [1.807, 2.05) is 0 Å². The van der Waals surface area contributed by atoms with E-state index in [9.17, 15) is 22.8 Å². The average Bonchev–Trinajstić information content (AvgIpc) is 2.70. The number of alkyl halides is 3. The molecule has 0 fully saturated rings. The number of amides is 1. The predicted octanol–water partition coefficient (Wildman–Crippen LogP) is 0.0389. The Hall–Kier alpha value is -2.13. The molecule has 1 aromatic heterocycles. The molecule has 106 valence electrons. The van der Waals surface area contributed by atoms with Gasteiger partial charge in [0.25, 0.3) is 5.91 Å². The fourth-order valence-corrected chi connectivity index (χ4v) is 1.20. The van der Waals surface area contributed by atoms with Gasteiger partial charge in [-0.25, -0.2) is 14.5 Å². The smallest absolute Gasteiger partial charge is 0.419 e. The van der Waals surface area contributed by atoms with E-state index in [0.29, 0.717) is 0 Å². The van der Waals surface area contributed by atoms with Gasteiger partial charge in [0.2, 0.25) is 11.9 Å². The number of rotatable bonds is 4. The van der Waals surface area contributed by atoms with Crippen molar-refractivity contribution in [3.8, 4) is 0 Å². The molecule has 0 radical (unpaired) electrons. The molecule has 0 saturated carbocycles. The van der Waals surface area contributed by atoms with E-state index < -0.39 is 24.1 Å². The van der Waals surface area contributed by atoms with Gasteiger partial charge in [0.1, 0.15) is 6.33 Å². The van der Waals surface area contributed by atoms with Crippen molar-refractivity contribution in [1.82, 2.24) is 20.1 Å². The summed E-state index contributed by atoms with van der Waals surface area (Å²) in [7, 11) is 1.33. The number of ether oxygens (including phenoxy) is 1. The molecule has 0 saturated heterocycles. The monoisotopic (exact) mass is 280 g/mol. The summed E-state index contributed by atoms with van der Waals surface area (Å²) in [6.45, 7) is 1.13. The van der Waals surface area contributed by atoms with Crippen LogP contribution in [0, 0.1) is 0 Å². The molecule has 1 heterocycles. The zero-order valence-corrected chi connectivity index (χ0v) is 10.1. The second kappa shape index (κ2) is 5.67. The third-order valence-corrected chi connectivity index (χ3v) is 2.04. The molecule has 10 heteroatoms. The van der Waals surface area contributed by atoms with Crippen LogP contribution in [0.4, 0.5) is 13.2 Å². The van der Waals surface area contributed by atoms with E-state index in [1.165, 1.54) is 19.3 Å². The number of nitrogens with one attached hydrogen (secondary N) is 1. The van der Waals surface area contributed by atoms with E-state index in [-0.39, 0.29) is 12.4 Å². The first kappa shape index (κ1) is 14.9. The third-order valence-electron chi connectivity index (χ3n) is 2.04. The number of halogens is 3. The molecular formula is C9H11F3N4O3. The zero-order chi connectivity index (χ0) is 14.6. The molecule has 1 atom stereocenters. The molecule has 0 aliphatic carbocycles. The lowest BCUT2D eigenvalue weighted by molar-refractivity contribution is -0.182. The molecule has 1 N–H and O–H groups in total. The normalized spacial score (nSPS) is 12.9. The van der Waals surface area contributed by atoms with Crippen LogP contribution < -0.4 is 5.32 Å². The van der Waals surface area contributed by atoms with Gasteiger partial charge in [-0.05, 0) is 6.92 Å². The summed E-state index contributed by atoms with van der Waals surface area (Å²) in [4.78, 5) is 26.2. The van der Waals surface area contributed by atoms with Crippen molar-refractivity contribution < 1.29 is 27.5 Å². The summed E-state index contributed by atoms with van der Waals surface area (Å²) in [6.07, 6.45) is -3.96. The second-order valence-corrected chi connectivity index (χ2v) is 3.41. The van der Waals surface area contributed by atoms with Gasteiger partial charge in [0.15, 0.2) is 0 Å². The first-order valence-electron chi connectivity index (χ1n) is 5.15. The maximum Gasteiger partial charge on any atom is 0.419 e. The SMILES string of the molecule is CCOC(=O)C(NC(=O)c1ncnn1C)C(F)(F)F. The lowest BCUT2D eigenvalue weighted by atomic mass is 10.3. The van der Waals surface area contributed by atoms with Crippen molar-refractivity contribution in [2.24, 2.45) is 7.05 Å². The molecule has 7 nitrogen and oxygen atoms in total. The van der Waals surface area contributed by atoms with Crippen LogP contribution in [0.2, 0.25) is 0 Å². The summed E-state index contributed by atoms with van der Waals surface area (Å²) in [5.74, 6) is -3.10. The lowest BCUT2D eigenvalue weighted by Gasteiger charge is -2.19. The van der Waals surface area contributed by atoms with Crippen molar-refractivity contribution in [2.75, 3.05) is 6.61 Å². The number of aryl methyl sites for hydroxylation is 1. The number of hydrogen-bond acceptors (Lipinski definition) is 5. The van der Waals surface area contributed by atoms with Crippen LogP contribution >= 0.6 is 0 Å². The molecule has 0 spiro atoms. The van der Waals surface area contributed by atoms with E-state index in [2.05, 4.69) is 14.8 Å². The van der Waals surface area contributed by atoms with Crippen LogP contribution in [-0.4, -0.2) is 45.5 Å². The van der Waals surface area contributed by atoms with Gasteiger partial charge in [-0.15, -0.1) is 0 Å². The maximum absolute atomic E-state index is 12.6. The molecule has 0 aliphatic rings. The highest BCUT2D eigenvalue weighted by Gasteiger charge is 2.47. The molecule has 0 bridgehead atoms. The average molecular weight is 280 g/mol. The highest BCUT2D eigenvalue weighted by Crippen LogP contribution is 2.21. The Morgan fingerprint density at radius 2 is 2.16 bits per heavy atom. The Balaban J connectivity index is 2.87. The molecule has 1 amide bonds. The minimum Gasteiger partial charge on any atom is -0.464 e. The van der Waals surface area contributed by atoms with Crippen LogP contribution in [-0.2, 0) is 16.6 Å². The predicted molar refractivity (Wildman–Crippen MR) is 54.9 cm³/mol. The summed E-state index contributed by atoms with van der Waals surface area (Å²) >= 11 is 0. The molecule has 0 aromatic carbocycles. The van der Waals surface area contributed by atoms with Crippen molar-refractivity contribution in [2.45, 2.75) is 19.1 Å². The van der Waals surface area contributed by atoms with Crippen molar-refractivity contribution >= 4 is 11.9 Å². The fourth-order valence-electron chi connectivity index (χ4n) is 1.20. The zero-order valence-electron chi connectivity index (χ0n) is 10.1. The van der Waals surface area contributed by atoms with Crippen LogP contribution in [0.5, 0.6) is 0 Å². The van der Waals surface area contributed by atoms with Gasteiger partial charge in [-0.1, -0.05) is 0 Å². The second-order valence-electron chi connectivity index (χ2n) is 3.41. The number of esters is 1. The van der Waals surface area contributed by atoms with Gasteiger partial charge in [0, 0.05) is 7.05 Å². The maximum atomic E-state index is 12.6. The van der Waals surface area contributed by atoms with Gasteiger partial charge < -0.3 is 10.1 Å². The minimum absolute atomic E-state index is 0.231. The molecule has 19 heavy (non-hydrogen) atoms. The fraction of sp³-hybridized carbons (Fsp3) is 0.556. The molecule has 1 aromatic rings. The summed E-state index contributed by atoms with van der Waals surface area (Å²) in [5.41, 5.74) is 0. The Morgan fingerprint density at radius 1 is 1.53 bits per heavy atom. The largest absolute Gasteiger partial charge is 0.464 e. The van der Waals surface area contributed by atoms with Crippen LogP contribution in [0.15, 0.2) is 6.33 Å².